The molecule has 1 aromatic heterocycles. The fourth-order valence-electron chi connectivity index (χ4n) is 2.35. The summed E-state index contributed by atoms with van der Waals surface area (Å²) in [5.41, 5.74) is 9.89. The van der Waals surface area contributed by atoms with E-state index < -0.39 is 0 Å². The van der Waals surface area contributed by atoms with Crippen molar-refractivity contribution < 1.29 is 4.74 Å². The second-order valence-corrected chi connectivity index (χ2v) is 4.83. The van der Waals surface area contributed by atoms with Crippen LogP contribution in [0.4, 0.5) is 5.82 Å². The highest BCUT2D eigenvalue weighted by atomic mass is 16.5. The van der Waals surface area contributed by atoms with Gasteiger partial charge in [-0.25, -0.2) is 0 Å². The average Bonchev–Trinajstić information content (AvgIpc) is 2.68. The van der Waals surface area contributed by atoms with Gasteiger partial charge in [0.2, 0.25) is 0 Å². The van der Waals surface area contributed by atoms with E-state index in [2.05, 4.69) is 6.07 Å². The van der Waals surface area contributed by atoms with Crippen molar-refractivity contribution >= 4 is 5.82 Å². The molecule has 0 aliphatic carbocycles. The first kappa shape index (κ1) is 14.0. The average molecular weight is 269 g/mol. The predicted octanol–water partition coefficient (Wildman–Crippen LogP) is 2.81. The number of benzene rings is 1. The third-order valence-electron chi connectivity index (χ3n) is 3.76. The summed E-state index contributed by atoms with van der Waals surface area (Å²) in [7, 11) is 1.66. The van der Waals surface area contributed by atoms with Gasteiger partial charge in [0.15, 0.2) is 0 Å². The second kappa shape index (κ2) is 5.70. The van der Waals surface area contributed by atoms with Crippen LogP contribution in [-0.4, -0.2) is 11.7 Å². The predicted molar refractivity (Wildman–Crippen MR) is 79.7 cm³/mol. The van der Waals surface area contributed by atoms with Crippen LogP contribution >= 0.6 is 0 Å². The number of nitrogens with two attached hydrogens (primary N) is 1. The van der Waals surface area contributed by atoms with Gasteiger partial charge >= 0.3 is 0 Å². The molecule has 0 saturated carbocycles. The Labute approximate surface area is 119 Å². The number of ether oxygens (including phenoxy) is 1. The number of nitrogen functional groups attached to an aromatic ring is 1. The van der Waals surface area contributed by atoms with Crippen LogP contribution in [0.3, 0.4) is 0 Å². The van der Waals surface area contributed by atoms with E-state index in [1.54, 1.807) is 7.11 Å². The summed E-state index contributed by atoms with van der Waals surface area (Å²) in [6.45, 7) is 4.71. The number of nitriles is 1. The van der Waals surface area contributed by atoms with Crippen LogP contribution < -0.4 is 10.5 Å². The first-order chi connectivity index (χ1) is 9.58. The molecule has 0 unspecified atom stereocenters. The summed E-state index contributed by atoms with van der Waals surface area (Å²) in [6, 6.07) is 10.2. The molecule has 0 atom stereocenters. The number of methoxy groups -OCH3 is 1. The third kappa shape index (κ3) is 2.48. The molecule has 0 radical (unpaired) electrons. The fraction of sp³-hybridized carbons (Fsp3) is 0.312. The number of nitrogens with zero attached hydrogens (tertiary/aromatic N) is 2. The molecular weight excluding hydrogens is 250 g/mol. The number of aromatic nitrogens is 1. The van der Waals surface area contributed by atoms with Gasteiger partial charge in [0.1, 0.15) is 17.6 Å². The highest BCUT2D eigenvalue weighted by Crippen LogP contribution is 2.24. The van der Waals surface area contributed by atoms with Crippen molar-refractivity contribution in [1.29, 1.82) is 5.26 Å². The van der Waals surface area contributed by atoms with E-state index in [-0.39, 0.29) is 0 Å². The highest BCUT2D eigenvalue weighted by Gasteiger charge is 2.14. The van der Waals surface area contributed by atoms with E-state index in [1.807, 2.05) is 42.7 Å². The summed E-state index contributed by atoms with van der Waals surface area (Å²) in [5.74, 6) is 1.42. The van der Waals surface area contributed by atoms with E-state index >= 15 is 0 Å². The molecule has 0 bridgehead atoms. The fourth-order valence-corrected chi connectivity index (χ4v) is 2.35. The van der Waals surface area contributed by atoms with E-state index in [0.717, 1.165) is 30.0 Å². The Balaban J connectivity index is 2.17. The molecule has 2 N–H and O–H groups in total. The van der Waals surface area contributed by atoms with Crippen molar-refractivity contribution in [3.05, 3.63) is 46.6 Å². The van der Waals surface area contributed by atoms with E-state index in [4.69, 9.17) is 15.7 Å². The van der Waals surface area contributed by atoms with Gasteiger partial charge in [-0.3, -0.25) is 0 Å². The van der Waals surface area contributed by atoms with Crippen molar-refractivity contribution in [3.63, 3.8) is 0 Å². The maximum atomic E-state index is 9.12. The van der Waals surface area contributed by atoms with Crippen LogP contribution in [0, 0.1) is 25.2 Å². The zero-order chi connectivity index (χ0) is 14.7. The molecule has 104 valence electrons. The molecule has 4 heteroatoms. The largest absolute Gasteiger partial charge is 0.497 e. The molecule has 0 aliphatic heterocycles. The molecule has 0 spiro atoms. The first-order valence-electron chi connectivity index (χ1n) is 6.56. The Hall–Kier alpha value is -2.41. The van der Waals surface area contributed by atoms with Crippen molar-refractivity contribution in [2.75, 3.05) is 12.8 Å². The summed E-state index contributed by atoms with van der Waals surface area (Å²) < 4.78 is 7.15. The van der Waals surface area contributed by atoms with Crippen molar-refractivity contribution in [3.8, 4) is 11.8 Å². The normalized spacial score (nSPS) is 10.3. The molecule has 0 saturated heterocycles. The van der Waals surface area contributed by atoms with Gasteiger partial charge in [-0.1, -0.05) is 12.1 Å². The van der Waals surface area contributed by atoms with Crippen LogP contribution in [0.2, 0.25) is 0 Å². The standard InChI is InChI=1S/C16H19N3O/c1-11-12(2)19(16(18)15(11)10-17)9-8-13-4-6-14(20-3)7-5-13/h4-7H,8-9,18H2,1-3H3. The zero-order valence-electron chi connectivity index (χ0n) is 12.1. The smallest absolute Gasteiger partial charge is 0.122 e. The minimum Gasteiger partial charge on any atom is -0.497 e. The molecule has 4 nitrogen and oxygen atoms in total. The summed E-state index contributed by atoms with van der Waals surface area (Å²) >= 11 is 0. The van der Waals surface area contributed by atoms with Gasteiger partial charge in [0, 0.05) is 12.2 Å². The minimum absolute atomic E-state index is 0.566. The topological polar surface area (TPSA) is 64.0 Å². The lowest BCUT2D eigenvalue weighted by atomic mass is 10.1. The van der Waals surface area contributed by atoms with Crippen molar-refractivity contribution in [1.82, 2.24) is 4.57 Å². The maximum Gasteiger partial charge on any atom is 0.122 e. The number of hydrogen-bond donors (Lipinski definition) is 1. The van der Waals surface area contributed by atoms with E-state index in [0.29, 0.717) is 11.4 Å². The van der Waals surface area contributed by atoms with Crippen LogP contribution in [-0.2, 0) is 13.0 Å². The molecular formula is C16H19N3O. The number of hydrogen-bond acceptors (Lipinski definition) is 3. The number of aryl methyl sites for hydroxylation is 1. The molecule has 0 aliphatic rings. The Morgan fingerprint density at radius 2 is 1.90 bits per heavy atom. The molecule has 0 amide bonds. The van der Waals surface area contributed by atoms with Crippen molar-refractivity contribution in [2.45, 2.75) is 26.8 Å². The maximum absolute atomic E-state index is 9.12. The van der Waals surface area contributed by atoms with E-state index in [1.165, 1.54) is 5.56 Å². The lowest BCUT2D eigenvalue weighted by Crippen LogP contribution is -2.07. The molecule has 20 heavy (non-hydrogen) atoms. The number of anilines is 1. The molecule has 0 fully saturated rings. The Kier molecular flexibility index (Phi) is 3.99. The summed E-state index contributed by atoms with van der Waals surface area (Å²) in [4.78, 5) is 0. The lowest BCUT2D eigenvalue weighted by molar-refractivity contribution is 0.414. The first-order valence-corrected chi connectivity index (χ1v) is 6.56. The van der Waals surface area contributed by atoms with Gasteiger partial charge in [-0.05, 0) is 43.5 Å². The monoisotopic (exact) mass is 269 g/mol. The van der Waals surface area contributed by atoms with Crippen LogP contribution in [0.25, 0.3) is 0 Å². The summed E-state index contributed by atoms with van der Waals surface area (Å²) in [5, 5.41) is 9.12. The number of rotatable bonds is 4. The lowest BCUT2D eigenvalue weighted by Gasteiger charge is -2.09. The molecule has 1 aromatic carbocycles. The van der Waals surface area contributed by atoms with Crippen molar-refractivity contribution in [2.24, 2.45) is 0 Å². The second-order valence-electron chi connectivity index (χ2n) is 4.83. The molecule has 2 aromatic rings. The van der Waals surface area contributed by atoms with Crippen LogP contribution in [0.15, 0.2) is 24.3 Å². The Bertz CT molecular complexity index is 648. The van der Waals surface area contributed by atoms with Gasteiger partial charge in [-0.15, -0.1) is 0 Å². The third-order valence-corrected chi connectivity index (χ3v) is 3.76. The van der Waals surface area contributed by atoms with Gasteiger partial charge in [0.25, 0.3) is 0 Å². The van der Waals surface area contributed by atoms with E-state index in [9.17, 15) is 0 Å². The SMILES string of the molecule is COc1ccc(CCn2c(C)c(C)c(C#N)c2N)cc1. The van der Waals surface area contributed by atoms with Crippen LogP contribution in [0.5, 0.6) is 5.75 Å². The quantitative estimate of drug-likeness (QED) is 0.928. The van der Waals surface area contributed by atoms with Crippen LogP contribution in [0.1, 0.15) is 22.4 Å². The molecule has 1 heterocycles. The minimum atomic E-state index is 0.566. The zero-order valence-corrected chi connectivity index (χ0v) is 12.1. The molecule has 2 rings (SSSR count). The summed E-state index contributed by atoms with van der Waals surface area (Å²) in [6.07, 6.45) is 0.869. The van der Waals surface area contributed by atoms with Gasteiger partial charge < -0.3 is 15.0 Å². The highest BCUT2D eigenvalue weighted by molar-refractivity contribution is 5.57. The van der Waals surface area contributed by atoms with Gasteiger partial charge in [-0.2, -0.15) is 5.26 Å². The Morgan fingerprint density at radius 1 is 1.25 bits per heavy atom. The van der Waals surface area contributed by atoms with Gasteiger partial charge in [0.05, 0.1) is 12.7 Å². The Morgan fingerprint density at radius 3 is 2.40 bits per heavy atom.